The number of benzene rings is 2. The molecule has 2 saturated heterocycles. The summed E-state index contributed by atoms with van der Waals surface area (Å²) in [5.74, 6) is -6.01. The molecule has 0 aliphatic carbocycles. The van der Waals surface area contributed by atoms with Crippen LogP contribution >= 0.6 is 0 Å². The SMILES string of the molecule is N[C@@H](C(=O)N[C@H](C(=O)O)[C@H]1CCC(C(=O)N[C@@H](C(=O)N[C@H](C(=O)O)[C@H]2CCC(C(=O)O)N2)c2ccccc2)N1)c1ccccc1. The normalized spacial score (nSPS) is 23.6. The van der Waals surface area contributed by atoms with Crippen molar-refractivity contribution < 1.29 is 44.1 Å². The van der Waals surface area contributed by atoms with Gasteiger partial charge < -0.3 is 42.3 Å². The number of aliphatic carboxylic acids is 3. The molecule has 45 heavy (non-hydrogen) atoms. The Hall–Kier alpha value is -4.86. The van der Waals surface area contributed by atoms with E-state index >= 15 is 0 Å². The van der Waals surface area contributed by atoms with Gasteiger partial charge in [0.15, 0.2) is 0 Å². The predicted molar refractivity (Wildman–Crippen MR) is 157 cm³/mol. The van der Waals surface area contributed by atoms with Crippen molar-refractivity contribution in [2.24, 2.45) is 5.73 Å². The molecular formula is C30H36N6O9. The molecule has 240 valence electrons. The highest BCUT2D eigenvalue weighted by Crippen LogP contribution is 2.21. The monoisotopic (exact) mass is 624 g/mol. The number of carbonyl (C=O) groups is 6. The van der Waals surface area contributed by atoms with E-state index < -0.39 is 84.0 Å². The van der Waals surface area contributed by atoms with Gasteiger partial charge in [0.1, 0.15) is 30.2 Å². The van der Waals surface area contributed by atoms with Crippen LogP contribution in [0.5, 0.6) is 0 Å². The van der Waals surface area contributed by atoms with E-state index in [2.05, 4.69) is 26.6 Å². The molecule has 15 nitrogen and oxygen atoms in total. The van der Waals surface area contributed by atoms with Crippen LogP contribution < -0.4 is 32.3 Å². The van der Waals surface area contributed by atoms with Gasteiger partial charge in [-0.1, -0.05) is 60.7 Å². The largest absolute Gasteiger partial charge is 0.480 e. The molecule has 2 aliphatic rings. The molecule has 3 amide bonds. The van der Waals surface area contributed by atoms with Crippen LogP contribution in [0.4, 0.5) is 0 Å². The minimum atomic E-state index is -1.47. The number of rotatable bonds is 13. The quantitative estimate of drug-likeness (QED) is 0.130. The van der Waals surface area contributed by atoms with E-state index in [1.165, 1.54) is 0 Å². The lowest BCUT2D eigenvalue weighted by atomic mass is 10.0. The van der Waals surface area contributed by atoms with Crippen LogP contribution in [0, 0.1) is 0 Å². The Bertz CT molecular complexity index is 1410. The number of carbonyl (C=O) groups excluding carboxylic acids is 3. The first-order valence-corrected chi connectivity index (χ1v) is 14.4. The second-order valence-corrected chi connectivity index (χ2v) is 11.0. The molecule has 0 radical (unpaired) electrons. The Morgan fingerprint density at radius 3 is 1.60 bits per heavy atom. The van der Waals surface area contributed by atoms with Crippen LogP contribution in [0.2, 0.25) is 0 Å². The fourth-order valence-corrected chi connectivity index (χ4v) is 5.62. The standard InChI is InChI=1S/C30H36N6O9/c31-21(15-7-3-1-4-8-15)26(38)35-23(29(42)43)17-11-13-19(32-17)25(37)34-22(16-9-5-2-6-10-16)27(39)36-24(30(44)45)18-12-14-20(33-18)28(40)41/h1-10,17-24,32-33H,11-14,31H2,(H,34,37)(H,35,38)(H,36,39)(H,40,41)(H,42,43)(H,44,45)/t17-,18-,19?,20?,21-,22-,23+,24+/m1/s1. The molecule has 10 N–H and O–H groups in total. The molecule has 0 saturated carbocycles. The minimum Gasteiger partial charge on any atom is -0.480 e. The molecule has 8 atom stereocenters. The third-order valence-electron chi connectivity index (χ3n) is 8.03. The van der Waals surface area contributed by atoms with E-state index in [1.807, 2.05) is 0 Å². The van der Waals surface area contributed by atoms with Gasteiger partial charge in [-0.25, -0.2) is 9.59 Å². The summed E-state index contributed by atoms with van der Waals surface area (Å²) >= 11 is 0. The van der Waals surface area contributed by atoms with Crippen molar-refractivity contribution in [2.45, 2.75) is 74.0 Å². The zero-order valence-electron chi connectivity index (χ0n) is 24.1. The Kier molecular flexibility index (Phi) is 10.8. The van der Waals surface area contributed by atoms with Gasteiger partial charge in [0, 0.05) is 12.1 Å². The Balaban J connectivity index is 1.43. The molecule has 0 bridgehead atoms. The second kappa shape index (κ2) is 14.7. The summed E-state index contributed by atoms with van der Waals surface area (Å²) in [6, 6.07) is 7.68. The molecule has 4 rings (SSSR count). The van der Waals surface area contributed by atoms with Crippen LogP contribution in [0.1, 0.15) is 48.9 Å². The van der Waals surface area contributed by atoms with Gasteiger partial charge in [0.2, 0.25) is 17.7 Å². The zero-order chi connectivity index (χ0) is 32.7. The molecule has 2 aromatic rings. The van der Waals surface area contributed by atoms with Gasteiger partial charge in [-0.15, -0.1) is 0 Å². The van der Waals surface area contributed by atoms with Gasteiger partial charge >= 0.3 is 17.9 Å². The van der Waals surface area contributed by atoms with Crippen molar-refractivity contribution in [3.05, 3.63) is 71.8 Å². The summed E-state index contributed by atoms with van der Waals surface area (Å²) in [6.07, 6.45) is 0.770. The van der Waals surface area contributed by atoms with Crippen LogP contribution in [0.3, 0.4) is 0 Å². The minimum absolute atomic E-state index is 0.184. The van der Waals surface area contributed by atoms with E-state index in [9.17, 15) is 44.1 Å². The van der Waals surface area contributed by atoms with Crippen molar-refractivity contribution in [1.29, 1.82) is 0 Å². The Morgan fingerprint density at radius 1 is 0.644 bits per heavy atom. The topological polar surface area (TPSA) is 249 Å². The van der Waals surface area contributed by atoms with Gasteiger partial charge in [-0.2, -0.15) is 0 Å². The third-order valence-corrected chi connectivity index (χ3v) is 8.03. The molecule has 2 unspecified atom stereocenters. The van der Waals surface area contributed by atoms with Crippen molar-refractivity contribution in [3.8, 4) is 0 Å². The number of hydrogen-bond donors (Lipinski definition) is 9. The van der Waals surface area contributed by atoms with Gasteiger partial charge in [-0.3, -0.25) is 24.5 Å². The summed E-state index contributed by atoms with van der Waals surface area (Å²) in [6.45, 7) is 0. The van der Waals surface area contributed by atoms with Gasteiger partial charge in [0.25, 0.3) is 0 Å². The van der Waals surface area contributed by atoms with E-state index in [0.717, 1.165) is 0 Å². The first kappa shape index (κ1) is 33.0. The van der Waals surface area contributed by atoms with Crippen molar-refractivity contribution in [2.75, 3.05) is 0 Å². The molecule has 2 aliphatic heterocycles. The van der Waals surface area contributed by atoms with Crippen molar-refractivity contribution in [3.63, 3.8) is 0 Å². The van der Waals surface area contributed by atoms with Crippen LogP contribution in [0.15, 0.2) is 60.7 Å². The van der Waals surface area contributed by atoms with Crippen LogP contribution in [-0.4, -0.2) is 87.2 Å². The lowest BCUT2D eigenvalue weighted by molar-refractivity contribution is -0.144. The van der Waals surface area contributed by atoms with Crippen LogP contribution in [0.25, 0.3) is 0 Å². The maximum Gasteiger partial charge on any atom is 0.327 e. The van der Waals surface area contributed by atoms with Gasteiger partial charge in [0.05, 0.1) is 6.04 Å². The molecule has 0 aromatic heterocycles. The number of carboxylic acids is 3. The fourth-order valence-electron chi connectivity index (χ4n) is 5.62. The number of carboxylic acid groups (broad SMARTS) is 3. The van der Waals surface area contributed by atoms with Gasteiger partial charge in [-0.05, 0) is 36.8 Å². The summed E-state index contributed by atoms with van der Waals surface area (Å²) in [5.41, 5.74) is 6.87. The number of nitrogens with two attached hydrogens (primary N) is 1. The van der Waals surface area contributed by atoms with Crippen LogP contribution in [-0.2, 0) is 28.8 Å². The molecule has 2 aromatic carbocycles. The summed E-state index contributed by atoms with van der Waals surface area (Å²) in [4.78, 5) is 75.1. The second-order valence-electron chi connectivity index (χ2n) is 11.0. The highest BCUT2D eigenvalue weighted by molar-refractivity contribution is 5.93. The molecule has 0 spiro atoms. The first-order chi connectivity index (χ1) is 21.5. The molecule has 2 heterocycles. The smallest absolute Gasteiger partial charge is 0.327 e. The number of amides is 3. The maximum absolute atomic E-state index is 13.5. The average Bonchev–Trinajstić information content (AvgIpc) is 3.72. The predicted octanol–water partition coefficient (Wildman–Crippen LogP) is -0.991. The van der Waals surface area contributed by atoms with E-state index in [-0.39, 0.29) is 25.7 Å². The van der Waals surface area contributed by atoms with E-state index in [1.54, 1.807) is 60.7 Å². The Morgan fingerprint density at radius 2 is 1.11 bits per heavy atom. The Labute approximate surface area is 257 Å². The average molecular weight is 625 g/mol. The van der Waals surface area contributed by atoms with E-state index in [4.69, 9.17) is 5.73 Å². The lowest BCUT2D eigenvalue weighted by Crippen LogP contribution is -2.57. The first-order valence-electron chi connectivity index (χ1n) is 14.4. The molecule has 2 fully saturated rings. The fraction of sp³-hybridized carbons (Fsp3) is 0.400. The summed E-state index contributed by atoms with van der Waals surface area (Å²) in [5, 5.41) is 42.1. The highest BCUT2D eigenvalue weighted by atomic mass is 16.4. The lowest BCUT2D eigenvalue weighted by Gasteiger charge is -2.26. The molecule has 15 heteroatoms. The van der Waals surface area contributed by atoms with E-state index in [0.29, 0.717) is 11.1 Å². The van der Waals surface area contributed by atoms with Crippen molar-refractivity contribution >= 4 is 35.6 Å². The summed E-state index contributed by atoms with van der Waals surface area (Å²) in [7, 11) is 0. The zero-order valence-corrected chi connectivity index (χ0v) is 24.1. The highest BCUT2D eigenvalue weighted by Gasteiger charge is 2.41. The van der Waals surface area contributed by atoms with Crippen molar-refractivity contribution in [1.82, 2.24) is 26.6 Å². The summed E-state index contributed by atoms with van der Waals surface area (Å²) < 4.78 is 0. The number of nitrogens with one attached hydrogen (secondary N) is 5. The maximum atomic E-state index is 13.5. The number of hydrogen-bond acceptors (Lipinski definition) is 9. The molecular weight excluding hydrogens is 588 g/mol. The third kappa shape index (κ3) is 8.20.